The van der Waals surface area contributed by atoms with E-state index >= 15 is 0 Å². The molecule has 0 spiro atoms. The van der Waals surface area contributed by atoms with Gasteiger partial charge in [-0.25, -0.2) is 9.59 Å². The molecule has 7 heteroatoms. The van der Waals surface area contributed by atoms with Crippen LogP contribution in [0, 0.1) is 0 Å². The van der Waals surface area contributed by atoms with Crippen LogP contribution >= 0.6 is 0 Å². The summed E-state index contributed by atoms with van der Waals surface area (Å²) >= 11 is 0. The first-order chi connectivity index (χ1) is 9.49. The van der Waals surface area contributed by atoms with Gasteiger partial charge in [0.2, 0.25) is 0 Å². The van der Waals surface area contributed by atoms with Gasteiger partial charge in [-0.1, -0.05) is 30.3 Å². The van der Waals surface area contributed by atoms with E-state index in [1.54, 1.807) is 24.3 Å². The first kappa shape index (κ1) is 15.5. The standard InChI is InChI=1S/C13H15NO6/c15-11(20-8-9-4-2-1-3-5-9)7-6-10(12(16)17)14-13(18)19/h1-5,10,14H,6-8H2,(H,16,17)(H,18,19)/t10-/m0/s1. The van der Waals surface area contributed by atoms with E-state index in [9.17, 15) is 14.4 Å². The lowest BCUT2D eigenvalue weighted by Gasteiger charge is -2.11. The summed E-state index contributed by atoms with van der Waals surface area (Å²) in [5.41, 5.74) is 0.819. The number of hydrogen-bond acceptors (Lipinski definition) is 4. The second kappa shape index (κ2) is 7.78. The lowest BCUT2D eigenvalue weighted by molar-refractivity contribution is -0.145. The van der Waals surface area contributed by atoms with Gasteiger partial charge in [-0.2, -0.15) is 0 Å². The fourth-order valence-electron chi connectivity index (χ4n) is 1.48. The summed E-state index contributed by atoms with van der Waals surface area (Å²) in [6.07, 6.45) is -1.78. The van der Waals surface area contributed by atoms with Gasteiger partial charge in [0.15, 0.2) is 0 Å². The second-order valence-electron chi connectivity index (χ2n) is 4.03. The minimum absolute atomic E-state index is 0.101. The van der Waals surface area contributed by atoms with Crippen molar-refractivity contribution >= 4 is 18.0 Å². The molecule has 108 valence electrons. The largest absolute Gasteiger partial charge is 0.480 e. The SMILES string of the molecule is O=C(O)N[C@@H](CCC(=O)OCc1ccccc1)C(=O)O. The van der Waals surface area contributed by atoms with Crippen molar-refractivity contribution in [2.45, 2.75) is 25.5 Å². The molecule has 1 amide bonds. The van der Waals surface area contributed by atoms with E-state index in [1.807, 2.05) is 11.4 Å². The minimum atomic E-state index is -1.45. The van der Waals surface area contributed by atoms with Gasteiger partial charge >= 0.3 is 18.0 Å². The van der Waals surface area contributed by atoms with Crippen LogP contribution in [-0.2, 0) is 20.9 Å². The van der Waals surface area contributed by atoms with E-state index in [4.69, 9.17) is 14.9 Å². The highest BCUT2D eigenvalue weighted by atomic mass is 16.5. The van der Waals surface area contributed by atoms with Crippen molar-refractivity contribution in [3.63, 3.8) is 0 Å². The number of carbonyl (C=O) groups excluding carboxylic acids is 1. The van der Waals surface area contributed by atoms with Gasteiger partial charge in [-0.05, 0) is 12.0 Å². The molecule has 0 bridgehead atoms. The van der Waals surface area contributed by atoms with Crippen LogP contribution in [0.4, 0.5) is 4.79 Å². The molecule has 1 aromatic carbocycles. The zero-order valence-electron chi connectivity index (χ0n) is 10.6. The summed E-state index contributed by atoms with van der Waals surface area (Å²) in [6.45, 7) is 0.101. The number of carboxylic acids is 1. The average Bonchev–Trinajstić information content (AvgIpc) is 2.41. The van der Waals surface area contributed by atoms with Gasteiger partial charge in [0.1, 0.15) is 12.6 Å². The quantitative estimate of drug-likeness (QED) is 0.648. The van der Waals surface area contributed by atoms with Crippen molar-refractivity contribution in [1.29, 1.82) is 0 Å². The number of nitrogens with one attached hydrogen (secondary N) is 1. The van der Waals surface area contributed by atoms with Gasteiger partial charge in [-0.15, -0.1) is 0 Å². The molecule has 3 N–H and O–H groups in total. The van der Waals surface area contributed by atoms with E-state index in [2.05, 4.69) is 0 Å². The molecule has 0 fully saturated rings. The second-order valence-corrected chi connectivity index (χ2v) is 4.03. The Bertz CT molecular complexity index is 473. The molecule has 0 heterocycles. The maximum Gasteiger partial charge on any atom is 0.405 e. The number of carbonyl (C=O) groups is 3. The van der Waals surface area contributed by atoms with Crippen molar-refractivity contribution < 1.29 is 29.3 Å². The Hall–Kier alpha value is -2.57. The minimum Gasteiger partial charge on any atom is -0.480 e. The van der Waals surface area contributed by atoms with Crippen molar-refractivity contribution in [2.75, 3.05) is 0 Å². The van der Waals surface area contributed by atoms with E-state index in [0.717, 1.165) is 5.56 Å². The number of ether oxygens (including phenoxy) is 1. The molecule has 7 nitrogen and oxygen atoms in total. The summed E-state index contributed by atoms with van der Waals surface area (Å²) in [5.74, 6) is -1.91. The van der Waals surface area contributed by atoms with Gasteiger partial charge in [0.25, 0.3) is 0 Å². The first-order valence-corrected chi connectivity index (χ1v) is 5.91. The van der Waals surface area contributed by atoms with Gasteiger partial charge in [0.05, 0.1) is 0 Å². The van der Waals surface area contributed by atoms with Crippen molar-refractivity contribution in [1.82, 2.24) is 5.32 Å². The van der Waals surface area contributed by atoms with Gasteiger partial charge in [-0.3, -0.25) is 4.79 Å². The van der Waals surface area contributed by atoms with Crippen molar-refractivity contribution in [3.05, 3.63) is 35.9 Å². The Labute approximate surface area is 115 Å². The lowest BCUT2D eigenvalue weighted by Crippen LogP contribution is -2.40. The maximum absolute atomic E-state index is 11.4. The molecule has 0 unspecified atom stereocenters. The van der Waals surface area contributed by atoms with Crippen LogP contribution in [0.3, 0.4) is 0 Å². The predicted molar refractivity (Wildman–Crippen MR) is 68.1 cm³/mol. The summed E-state index contributed by atoms with van der Waals surface area (Å²) in [6, 6.07) is 7.71. The number of esters is 1. The molecule has 0 aliphatic rings. The Morgan fingerprint density at radius 2 is 1.80 bits per heavy atom. The molecule has 0 saturated carbocycles. The monoisotopic (exact) mass is 281 g/mol. The van der Waals surface area contributed by atoms with Crippen LogP contribution in [0.1, 0.15) is 18.4 Å². The Balaban J connectivity index is 2.34. The van der Waals surface area contributed by atoms with Crippen LogP contribution in [0.2, 0.25) is 0 Å². The molecule has 1 aromatic rings. The fraction of sp³-hybridized carbons (Fsp3) is 0.308. The summed E-state index contributed by atoms with van der Waals surface area (Å²) < 4.78 is 4.96. The van der Waals surface area contributed by atoms with Gasteiger partial charge in [0, 0.05) is 6.42 Å². The number of rotatable bonds is 7. The van der Waals surface area contributed by atoms with Crippen molar-refractivity contribution in [3.8, 4) is 0 Å². The normalized spacial score (nSPS) is 11.4. The molecule has 1 atom stereocenters. The van der Waals surface area contributed by atoms with Crippen LogP contribution in [0.5, 0.6) is 0 Å². The first-order valence-electron chi connectivity index (χ1n) is 5.91. The molecule has 0 aliphatic carbocycles. The summed E-state index contributed by atoms with van der Waals surface area (Å²) in [5, 5.41) is 19.0. The fourth-order valence-corrected chi connectivity index (χ4v) is 1.48. The molecule has 0 aliphatic heterocycles. The number of aliphatic carboxylic acids is 1. The number of benzene rings is 1. The smallest absolute Gasteiger partial charge is 0.405 e. The van der Waals surface area contributed by atoms with Gasteiger partial charge < -0.3 is 20.3 Å². The molecule has 0 aromatic heterocycles. The third kappa shape index (κ3) is 5.85. The van der Waals surface area contributed by atoms with Crippen LogP contribution in [0.25, 0.3) is 0 Å². The predicted octanol–water partition coefficient (Wildman–Crippen LogP) is 1.23. The Morgan fingerprint density at radius 3 is 2.35 bits per heavy atom. The zero-order chi connectivity index (χ0) is 15.0. The highest BCUT2D eigenvalue weighted by Crippen LogP contribution is 2.04. The Kier molecular flexibility index (Phi) is 6.02. The van der Waals surface area contributed by atoms with Crippen LogP contribution < -0.4 is 5.32 Å². The third-order valence-corrected chi connectivity index (χ3v) is 2.48. The highest BCUT2D eigenvalue weighted by molar-refractivity contribution is 5.80. The number of amides is 1. The van der Waals surface area contributed by atoms with E-state index < -0.39 is 24.1 Å². The number of carboxylic acid groups (broad SMARTS) is 2. The molecule has 0 saturated heterocycles. The summed E-state index contributed by atoms with van der Waals surface area (Å²) in [7, 11) is 0. The van der Waals surface area contributed by atoms with E-state index in [1.165, 1.54) is 0 Å². The van der Waals surface area contributed by atoms with Crippen LogP contribution in [-0.4, -0.2) is 34.3 Å². The van der Waals surface area contributed by atoms with Crippen molar-refractivity contribution in [2.24, 2.45) is 0 Å². The molecule has 0 radical (unpaired) electrons. The summed E-state index contributed by atoms with van der Waals surface area (Å²) in [4.78, 5) is 32.6. The molecular formula is C13H15NO6. The van der Waals surface area contributed by atoms with E-state index in [-0.39, 0.29) is 19.4 Å². The topological polar surface area (TPSA) is 113 Å². The maximum atomic E-state index is 11.4. The lowest BCUT2D eigenvalue weighted by atomic mass is 10.1. The molecule has 1 rings (SSSR count). The Morgan fingerprint density at radius 1 is 1.15 bits per heavy atom. The average molecular weight is 281 g/mol. The van der Waals surface area contributed by atoms with E-state index in [0.29, 0.717) is 0 Å². The molecular weight excluding hydrogens is 266 g/mol. The number of hydrogen-bond donors (Lipinski definition) is 3. The zero-order valence-corrected chi connectivity index (χ0v) is 10.6. The third-order valence-electron chi connectivity index (χ3n) is 2.48. The molecule has 20 heavy (non-hydrogen) atoms. The van der Waals surface area contributed by atoms with Crippen LogP contribution in [0.15, 0.2) is 30.3 Å². The highest BCUT2D eigenvalue weighted by Gasteiger charge is 2.20.